The zero-order valence-electron chi connectivity index (χ0n) is 15.5. The van der Waals surface area contributed by atoms with E-state index in [0.29, 0.717) is 19.7 Å². The first-order valence-corrected chi connectivity index (χ1v) is 8.37. The minimum absolute atomic E-state index is 0.642. The van der Waals surface area contributed by atoms with Crippen LogP contribution < -0.4 is 15.4 Å². The minimum atomic E-state index is 0.642. The second kappa shape index (κ2) is 9.68. The number of ether oxygens (including phenoxy) is 1. The smallest absolute Gasteiger partial charge is 0.191 e. The molecule has 2 N–H and O–H groups in total. The molecule has 0 atom stereocenters. The molecule has 0 spiro atoms. The highest BCUT2D eigenvalue weighted by molar-refractivity contribution is 5.79. The van der Waals surface area contributed by atoms with Gasteiger partial charge in [0.25, 0.3) is 0 Å². The molecule has 0 aliphatic carbocycles. The molecule has 0 fully saturated rings. The van der Waals surface area contributed by atoms with Crippen LogP contribution in [0.1, 0.15) is 11.3 Å². The molecular weight excluding hydrogens is 316 g/mol. The summed E-state index contributed by atoms with van der Waals surface area (Å²) in [4.78, 5) is 6.37. The van der Waals surface area contributed by atoms with Gasteiger partial charge in [-0.05, 0) is 26.2 Å². The number of benzene rings is 1. The molecule has 0 radical (unpaired) electrons. The summed E-state index contributed by atoms with van der Waals surface area (Å²) < 4.78 is 7.74. The number of guanidine groups is 1. The molecule has 0 saturated heterocycles. The summed E-state index contributed by atoms with van der Waals surface area (Å²) >= 11 is 0. The monoisotopic (exact) mass is 344 g/mol. The van der Waals surface area contributed by atoms with Gasteiger partial charge in [-0.2, -0.15) is 5.10 Å². The predicted octanol–water partition coefficient (Wildman–Crippen LogP) is 1.23. The van der Waals surface area contributed by atoms with Crippen molar-refractivity contribution in [2.45, 2.75) is 13.1 Å². The zero-order chi connectivity index (χ0) is 18.1. The van der Waals surface area contributed by atoms with Gasteiger partial charge in [0, 0.05) is 38.9 Å². The first kappa shape index (κ1) is 18.8. The molecule has 2 aromatic rings. The molecule has 0 saturated carbocycles. The molecule has 1 aromatic carbocycles. The Morgan fingerprint density at radius 1 is 1.20 bits per heavy atom. The molecule has 2 rings (SSSR count). The Kier molecular flexibility index (Phi) is 7.28. The van der Waals surface area contributed by atoms with Crippen molar-refractivity contribution in [3.63, 3.8) is 0 Å². The second-order valence-corrected chi connectivity index (χ2v) is 5.98. The van der Waals surface area contributed by atoms with E-state index in [1.54, 1.807) is 13.2 Å². The van der Waals surface area contributed by atoms with Crippen molar-refractivity contribution in [3.8, 4) is 5.75 Å². The van der Waals surface area contributed by atoms with Crippen LogP contribution in [0.25, 0.3) is 0 Å². The fraction of sp³-hybridized carbons (Fsp3) is 0.444. The zero-order valence-corrected chi connectivity index (χ0v) is 15.5. The van der Waals surface area contributed by atoms with Gasteiger partial charge in [0.05, 0.1) is 12.2 Å². The molecular formula is C18H28N6O. The number of hydrogen-bond acceptors (Lipinski definition) is 4. The van der Waals surface area contributed by atoms with Gasteiger partial charge in [-0.3, -0.25) is 9.67 Å². The van der Waals surface area contributed by atoms with E-state index in [9.17, 15) is 0 Å². The lowest BCUT2D eigenvalue weighted by Crippen LogP contribution is -2.36. The number of nitrogens with one attached hydrogen (secondary N) is 2. The van der Waals surface area contributed by atoms with Gasteiger partial charge in [-0.15, -0.1) is 0 Å². The summed E-state index contributed by atoms with van der Waals surface area (Å²) in [5.41, 5.74) is 2.19. The van der Waals surface area contributed by atoms with Crippen LogP contribution in [0.15, 0.2) is 41.5 Å². The van der Waals surface area contributed by atoms with Crippen molar-refractivity contribution >= 4 is 5.96 Å². The maximum Gasteiger partial charge on any atom is 0.191 e. The summed E-state index contributed by atoms with van der Waals surface area (Å²) in [6.45, 7) is 2.85. The third-order valence-corrected chi connectivity index (χ3v) is 3.80. The molecule has 0 bridgehead atoms. The molecule has 0 aliphatic heterocycles. The molecule has 0 aliphatic rings. The van der Waals surface area contributed by atoms with E-state index in [1.807, 2.05) is 50.1 Å². The van der Waals surface area contributed by atoms with Crippen molar-refractivity contribution < 1.29 is 4.74 Å². The average Bonchev–Trinajstić information content (AvgIpc) is 3.01. The van der Waals surface area contributed by atoms with E-state index in [4.69, 9.17) is 4.74 Å². The Morgan fingerprint density at radius 2 is 1.96 bits per heavy atom. The van der Waals surface area contributed by atoms with E-state index < -0.39 is 0 Å². The summed E-state index contributed by atoms with van der Waals surface area (Å²) in [6, 6.07) is 10.0. The molecule has 0 unspecified atom stereocenters. The summed E-state index contributed by atoms with van der Waals surface area (Å²) in [5, 5.41) is 10.8. The van der Waals surface area contributed by atoms with Crippen molar-refractivity contribution in [2.75, 3.05) is 34.3 Å². The Morgan fingerprint density at radius 3 is 2.64 bits per heavy atom. The first-order chi connectivity index (χ1) is 12.1. The number of aryl methyl sites for hydroxylation is 1. The maximum absolute atomic E-state index is 5.89. The van der Waals surface area contributed by atoms with Crippen LogP contribution >= 0.6 is 0 Å². The lowest BCUT2D eigenvalue weighted by atomic mass is 10.2. The number of likely N-dealkylation sites (N-methyl/N-ethyl adjacent to an activating group) is 1. The van der Waals surface area contributed by atoms with Gasteiger partial charge < -0.3 is 20.3 Å². The van der Waals surface area contributed by atoms with Crippen LogP contribution in [0.3, 0.4) is 0 Å². The number of rotatable bonds is 8. The average molecular weight is 344 g/mol. The van der Waals surface area contributed by atoms with Gasteiger partial charge in [0.15, 0.2) is 5.96 Å². The maximum atomic E-state index is 5.89. The van der Waals surface area contributed by atoms with E-state index in [-0.39, 0.29) is 0 Å². The number of hydrogen-bond donors (Lipinski definition) is 2. The van der Waals surface area contributed by atoms with Crippen LogP contribution in [0.2, 0.25) is 0 Å². The third-order valence-electron chi connectivity index (χ3n) is 3.80. The van der Waals surface area contributed by atoms with Crippen LogP contribution in [0, 0.1) is 0 Å². The summed E-state index contributed by atoms with van der Waals surface area (Å²) in [6.07, 6.45) is 1.79. The highest BCUT2D eigenvalue weighted by Crippen LogP contribution is 2.17. The van der Waals surface area contributed by atoms with Gasteiger partial charge in [-0.25, -0.2) is 0 Å². The first-order valence-electron chi connectivity index (χ1n) is 8.37. The number of aromatic nitrogens is 2. The molecule has 7 nitrogen and oxygen atoms in total. The Balaban J connectivity index is 1.87. The van der Waals surface area contributed by atoms with Crippen molar-refractivity contribution in [1.29, 1.82) is 0 Å². The SMILES string of the molecule is CN=C(NCc1ccccc1OCCN(C)C)NCc1ccnn1C. The molecule has 136 valence electrons. The van der Waals surface area contributed by atoms with Gasteiger partial charge in [0.1, 0.15) is 12.4 Å². The van der Waals surface area contributed by atoms with Crippen molar-refractivity contribution in [3.05, 3.63) is 47.8 Å². The molecule has 1 aromatic heterocycles. The third kappa shape index (κ3) is 6.11. The number of para-hydroxylation sites is 1. The van der Waals surface area contributed by atoms with Crippen molar-refractivity contribution in [1.82, 2.24) is 25.3 Å². The lowest BCUT2D eigenvalue weighted by molar-refractivity contribution is 0.259. The summed E-state index contributed by atoms with van der Waals surface area (Å²) in [7, 11) is 7.76. The van der Waals surface area contributed by atoms with E-state index in [1.165, 1.54) is 0 Å². The van der Waals surface area contributed by atoms with Crippen molar-refractivity contribution in [2.24, 2.45) is 12.0 Å². The molecule has 25 heavy (non-hydrogen) atoms. The largest absolute Gasteiger partial charge is 0.492 e. The minimum Gasteiger partial charge on any atom is -0.492 e. The number of nitrogens with zero attached hydrogens (tertiary/aromatic N) is 4. The van der Waals surface area contributed by atoms with Crippen LogP contribution in [-0.2, 0) is 20.1 Å². The van der Waals surface area contributed by atoms with Gasteiger partial charge in [-0.1, -0.05) is 18.2 Å². The normalized spacial score (nSPS) is 11.6. The standard InChI is InChI=1S/C18H28N6O/c1-19-18(21-14-16-9-10-22-24(16)4)20-13-15-7-5-6-8-17(15)25-12-11-23(2)3/h5-10H,11-14H2,1-4H3,(H2,19,20,21). The van der Waals surface area contributed by atoms with Crippen LogP contribution in [0.5, 0.6) is 5.75 Å². The predicted molar refractivity (Wildman–Crippen MR) is 101 cm³/mol. The Labute approximate surface area is 149 Å². The molecule has 7 heteroatoms. The molecule has 0 amide bonds. The van der Waals surface area contributed by atoms with E-state index in [2.05, 4.69) is 31.7 Å². The number of aliphatic imine (C=N–C) groups is 1. The quantitative estimate of drug-likeness (QED) is 0.557. The highest BCUT2D eigenvalue weighted by Gasteiger charge is 2.06. The van der Waals surface area contributed by atoms with Gasteiger partial charge in [0.2, 0.25) is 0 Å². The van der Waals surface area contributed by atoms with Crippen LogP contribution in [-0.4, -0.2) is 54.9 Å². The highest BCUT2D eigenvalue weighted by atomic mass is 16.5. The van der Waals surface area contributed by atoms with Crippen LogP contribution in [0.4, 0.5) is 0 Å². The van der Waals surface area contributed by atoms with Gasteiger partial charge >= 0.3 is 0 Å². The topological polar surface area (TPSA) is 66.7 Å². The Hall–Kier alpha value is -2.54. The van der Waals surface area contributed by atoms with E-state index in [0.717, 1.165) is 29.5 Å². The molecule has 1 heterocycles. The van der Waals surface area contributed by atoms with E-state index >= 15 is 0 Å². The lowest BCUT2D eigenvalue weighted by Gasteiger charge is -2.16. The second-order valence-electron chi connectivity index (χ2n) is 5.98. The summed E-state index contributed by atoms with van der Waals surface area (Å²) in [5.74, 6) is 1.64. The fourth-order valence-corrected chi connectivity index (χ4v) is 2.28. The Bertz CT molecular complexity index is 680. The fourth-order valence-electron chi connectivity index (χ4n) is 2.28.